The Morgan fingerprint density at radius 2 is 1.33 bits per heavy atom. The molecule has 2 heteroatoms. The topological polar surface area (TPSA) is 36.9 Å². The van der Waals surface area contributed by atoms with E-state index < -0.39 is 0 Å². The molecule has 0 aromatic heterocycles. The molecule has 0 fully saturated rings. The van der Waals surface area contributed by atoms with Gasteiger partial charge in [0.15, 0.2) is 0 Å². The number of benzene rings is 3. The summed E-state index contributed by atoms with van der Waals surface area (Å²) >= 11 is 0. The molecule has 0 saturated carbocycles. The van der Waals surface area contributed by atoms with Crippen LogP contribution in [0.25, 0.3) is 0 Å². The molecule has 118 valence electrons. The Balaban J connectivity index is 1.73. The third-order valence-electron chi connectivity index (χ3n) is 3.71. The SMILES string of the molecule is [NH3+]CC(C#Cc1ccccc1)c1ccc(Oc2ccccc2)cc1. The fourth-order valence-electron chi connectivity index (χ4n) is 2.41. The predicted octanol–water partition coefficient (Wildman–Crippen LogP) is 3.86. The van der Waals surface area contributed by atoms with Gasteiger partial charge in [0.05, 0.1) is 12.5 Å². The van der Waals surface area contributed by atoms with E-state index in [4.69, 9.17) is 4.74 Å². The van der Waals surface area contributed by atoms with E-state index in [-0.39, 0.29) is 5.92 Å². The number of hydrogen-bond donors (Lipinski definition) is 1. The van der Waals surface area contributed by atoms with E-state index in [2.05, 4.69) is 29.7 Å². The zero-order chi connectivity index (χ0) is 16.6. The summed E-state index contributed by atoms with van der Waals surface area (Å²) < 4.78 is 5.82. The lowest BCUT2D eigenvalue weighted by molar-refractivity contribution is -0.369. The normalized spacial score (nSPS) is 11.2. The molecule has 0 bridgehead atoms. The van der Waals surface area contributed by atoms with E-state index >= 15 is 0 Å². The second-order valence-electron chi connectivity index (χ2n) is 5.46. The Labute approximate surface area is 142 Å². The molecular formula is C22H20NO+. The van der Waals surface area contributed by atoms with E-state index in [1.165, 1.54) is 0 Å². The van der Waals surface area contributed by atoms with E-state index in [1.807, 2.05) is 72.8 Å². The molecule has 2 nitrogen and oxygen atoms in total. The van der Waals surface area contributed by atoms with Crippen LogP contribution in [0.5, 0.6) is 11.5 Å². The van der Waals surface area contributed by atoms with Gasteiger partial charge >= 0.3 is 0 Å². The van der Waals surface area contributed by atoms with Crippen molar-refractivity contribution >= 4 is 0 Å². The first kappa shape index (κ1) is 15.9. The predicted molar refractivity (Wildman–Crippen MR) is 96.8 cm³/mol. The molecule has 0 radical (unpaired) electrons. The Morgan fingerprint density at radius 1 is 0.750 bits per heavy atom. The van der Waals surface area contributed by atoms with Crippen LogP contribution in [0.2, 0.25) is 0 Å². The number of hydrogen-bond acceptors (Lipinski definition) is 1. The number of quaternary nitrogens is 1. The van der Waals surface area contributed by atoms with Crippen molar-refractivity contribution in [2.75, 3.05) is 6.54 Å². The van der Waals surface area contributed by atoms with Gasteiger partial charge in [-0.3, -0.25) is 0 Å². The van der Waals surface area contributed by atoms with Gasteiger partial charge in [0.2, 0.25) is 0 Å². The van der Waals surface area contributed by atoms with Gasteiger partial charge in [-0.1, -0.05) is 60.4 Å². The maximum absolute atomic E-state index is 5.82. The van der Waals surface area contributed by atoms with Crippen LogP contribution in [0.3, 0.4) is 0 Å². The Bertz CT molecular complexity index is 815. The van der Waals surface area contributed by atoms with Crippen LogP contribution in [-0.2, 0) is 0 Å². The van der Waals surface area contributed by atoms with Crippen LogP contribution < -0.4 is 10.5 Å². The van der Waals surface area contributed by atoms with Gasteiger partial charge in [0.25, 0.3) is 0 Å². The van der Waals surface area contributed by atoms with Gasteiger partial charge < -0.3 is 10.5 Å². The minimum atomic E-state index is 0.121. The van der Waals surface area contributed by atoms with Gasteiger partial charge in [0.1, 0.15) is 11.5 Å². The van der Waals surface area contributed by atoms with E-state index in [0.717, 1.165) is 29.2 Å². The summed E-state index contributed by atoms with van der Waals surface area (Å²) in [4.78, 5) is 0. The number of rotatable bonds is 4. The second kappa shape index (κ2) is 8.01. The maximum Gasteiger partial charge on any atom is 0.127 e. The fourth-order valence-corrected chi connectivity index (χ4v) is 2.41. The summed E-state index contributed by atoms with van der Waals surface area (Å²) in [6.07, 6.45) is 0. The van der Waals surface area contributed by atoms with Crippen LogP contribution in [0.4, 0.5) is 0 Å². The molecule has 0 aliphatic carbocycles. The van der Waals surface area contributed by atoms with Crippen molar-refractivity contribution < 1.29 is 10.5 Å². The quantitative estimate of drug-likeness (QED) is 0.730. The highest BCUT2D eigenvalue weighted by atomic mass is 16.5. The van der Waals surface area contributed by atoms with Crippen molar-refractivity contribution in [1.82, 2.24) is 0 Å². The average molecular weight is 314 g/mol. The zero-order valence-corrected chi connectivity index (χ0v) is 13.5. The molecule has 0 saturated heterocycles. The molecule has 0 heterocycles. The van der Waals surface area contributed by atoms with Crippen LogP contribution in [-0.4, -0.2) is 6.54 Å². The summed E-state index contributed by atoms with van der Waals surface area (Å²) in [7, 11) is 0. The van der Waals surface area contributed by atoms with E-state index in [0.29, 0.717) is 0 Å². The number of ether oxygens (including phenoxy) is 1. The fraction of sp³-hybridized carbons (Fsp3) is 0.0909. The minimum absolute atomic E-state index is 0.121. The third-order valence-corrected chi connectivity index (χ3v) is 3.71. The molecule has 1 unspecified atom stereocenters. The van der Waals surface area contributed by atoms with Crippen molar-refractivity contribution in [3.63, 3.8) is 0 Å². The van der Waals surface area contributed by atoms with Gasteiger partial charge in [-0.15, -0.1) is 0 Å². The van der Waals surface area contributed by atoms with Crippen molar-refractivity contribution in [1.29, 1.82) is 0 Å². The molecule has 3 aromatic rings. The Hall–Kier alpha value is -3.02. The van der Waals surface area contributed by atoms with Crippen molar-refractivity contribution in [3.05, 3.63) is 96.1 Å². The van der Waals surface area contributed by atoms with Crippen molar-refractivity contribution in [2.45, 2.75) is 5.92 Å². The first-order valence-electron chi connectivity index (χ1n) is 8.04. The minimum Gasteiger partial charge on any atom is -0.457 e. The van der Waals surface area contributed by atoms with Gasteiger partial charge in [0, 0.05) is 5.56 Å². The molecule has 1 atom stereocenters. The van der Waals surface area contributed by atoms with Crippen molar-refractivity contribution in [2.24, 2.45) is 0 Å². The standard InChI is InChI=1S/C22H19NO/c23-17-20(12-11-18-7-3-1-4-8-18)19-13-15-22(16-14-19)24-21-9-5-2-6-10-21/h1-10,13-16,20H,17,23H2/p+1. The average Bonchev–Trinajstić information content (AvgIpc) is 2.65. The van der Waals surface area contributed by atoms with E-state index in [1.54, 1.807) is 0 Å². The van der Waals surface area contributed by atoms with E-state index in [9.17, 15) is 0 Å². The highest BCUT2D eigenvalue weighted by molar-refractivity contribution is 5.40. The molecule has 0 aliphatic rings. The largest absolute Gasteiger partial charge is 0.457 e. The highest BCUT2D eigenvalue weighted by Crippen LogP contribution is 2.23. The lowest BCUT2D eigenvalue weighted by atomic mass is 9.99. The molecule has 0 spiro atoms. The molecule has 24 heavy (non-hydrogen) atoms. The summed E-state index contributed by atoms with van der Waals surface area (Å²) in [6.45, 7) is 0.735. The monoisotopic (exact) mass is 314 g/mol. The first-order chi connectivity index (χ1) is 11.8. The van der Waals surface area contributed by atoms with Crippen molar-refractivity contribution in [3.8, 4) is 23.3 Å². The summed E-state index contributed by atoms with van der Waals surface area (Å²) in [5, 5.41) is 0. The Kier molecular flexibility index (Phi) is 5.29. The third kappa shape index (κ3) is 4.25. The molecule has 0 aliphatic heterocycles. The van der Waals surface area contributed by atoms with Crippen LogP contribution in [0, 0.1) is 11.8 Å². The second-order valence-corrected chi connectivity index (χ2v) is 5.46. The van der Waals surface area contributed by atoms with Gasteiger partial charge in [-0.05, 0) is 42.0 Å². The van der Waals surface area contributed by atoms with Crippen LogP contribution >= 0.6 is 0 Å². The summed E-state index contributed by atoms with van der Waals surface area (Å²) in [5.41, 5.74) is 6.22. The lowest BCUT2D eigenvalue weighted by Gasteiger charge is -2.09. The maximum atomic E-state index is 5.82. The zero-order valence-electron chi connectivity index (χ0n) is 13.5. The molecule has 0 amide bonds. The molecular weight excluding hydrogens is 294 g/mol. The van der Waals surface area contributed by atoms with Crippen LogP contribution in [0.1, 0.15) is 17.0 Å². The molecule has 3 N–H and O–H groups in total. The first-order valence-corrected chi connectivity index (χ1v) is 8.04. The molecule has 3 rings (SSSR count). The molecule has 3 aromatic carbocycles. The smallest absolute Gasteiger partial charge is 0.127 e. The number of para-hydroxylation sites is 1. The van der Waals surface area contributed by atoms with Crippen LogP contribution in [0.15, 0.2) is 84.9 Å². The Morgan fingerprint density at radius 3 is 1.96 bits per heavy atom. The van der Waals surface area contributed by atoms with Gasteiger partial charge in [-0.2, -0.15) is 0 Å². The summed E-state index contributed by atoms with van der Waals surface area (Å²) in [6, 6.07) is 27.9. The lowest BCUT2D eigenvalue weighted by Crippen LogP contribution is -2.52. The summed E-state index contributed by atoms with van der Waals surface area (Å²) in [5.74, 6) is 8.33. The highest BCUT2D eigenvalue weighted by Gasteiger charge is 2.08. The van der Waals surface area contributed by atoms with Gasteiger partial charge in [-0.25, -0.2) is 0 Å².